The van der Waals surface area contributed by atoms with Gasteiger partial charge in [-0.15, -0.1) is 0 Å². The van der Waals surface area contributed by atoms with E-state index in [2.05, 4.69) is 13.8 Å². The zero-order chi connectivity index (χ0) is 12.8. The maximum Gasteiger partial charge on any atom is 0.218 e. The Morgan fingerprint density at radius 2 is 1.53 bits per heavy atom. The number of hydrogen-bond acceptors (Lipinski definition) is 3. The molecular weight excluding hydrogens is 216 g/mol. The van der Waals surface area contributed by atoms with Crippen LogP contribution in [0.2, 0.25) is 0 Å². The molecule has 2 unspecified atom stereocenters. The highest BCUT2D eigenvalue weighted by Gasteiger charge is 2.33. The van der Waals surface area contributed by atoms with Gasteiger partial charge in [-0.1, -0.05) is 13.8 Å². The molecule has 1 aliphatic carbocycles. The van der Waals surface area contributed by atoms with Gasteiger partial charge in [0.15, 0.2) is 5.78 Å². The van der Waals surface area contributed by atoms with Crippen LogP contribution in [0, 0.1) is 17.8 Å². The van der Waals surface area contributed by atoms with Crippen LogP contribution < -0.4 is 0 Å². The van der Waals surface area contributed by atoms with E-state index in [-0.39, 0.29) is 11.7 Å². The third-order valence-corrected chi connectivity index (χ3v) is 3.45. The molecule has 1 saturated carbocycles. The van der Waals surface area contributed by atoms with Gasteiger partial charge >= 0.3 is 0 Å². The van der Waals surface area contributed by atoms with Gasteiger partial charge in [0.2, 0.25) is 6.29 Å². The second kappa shape index (κ2) is 7.12. The van der Waals surface area contributed by atoms with Crippen LogP contribution in [-0.4, -0.2) is 25.3 Å². The Bertz CT molecular complexity index is 224. The van der Waals surface area contributed by atoms with Crippen LogP contribution in [0.25, 0.3) is 0 Å². The summed E-state index contributed by atoms with van der Waals surface area (Å²) in [6, 6.07) is 0. The van der Waals surface area contributed by atoms with Crippen molar-refractivity contribution < 1.29 is 14.3 Å². The van der Waals surface area contributed by atoms with Gasteiger partial charge in [-0.05, 0) is 44.9 Å². The monoisotopic (exact) mass is 242 g/mol. The summed E-state index contributed by atoms with van der Waals surface area (Å²) in [5.74, 6) is 1.54. The van der Waals surface area contributed by atoms with Crippen LogP contribution in [0.1, 0.15) is 47.0 Å². The van der Waals surface area contributed by atoms with Gasteiger partial charge in [-0.2, -0.15) is 0 Å². The first-order valence-electron chi connectivity index (χ1n) is 6.85. The largest absolute Gasteiger partial charge is 0.346 e. The van der Waals surface area contributed by atoms with Crippen molar-refractivity contribution in [2.24, 2.45) is 17.8 Å². The topological polar surface area (TPSA) is 35.5 Å². The maximum atomic E-state index is 12.3. The summed E-state index contributed by atoms with van der Waals surface area (Å²) in [5.41, 5.74) is 0. The summed E-state index contributed by atoms with van der Waals surface area (Å²) in [6.45, 7) is 9.29. The van der Waals surface area contributed by atoms with Crippen molar-refractivity contribution in [1.29, 1.82) is 0 Å². The van der Waals surface area contributed by atoms with Crippen LogP contribution in [0.15, 0.2) is 0 Å². The number of rotatable bonds is 6. The second-order valence-corrected chi connectivity index (χ2v) is 5.26. The van der Waals surface area contributed by atoms with Crippen molar-refractivity contribution in [2.75, 3.05) is 13.2 Å². The summed E-state index contributed by atoms with van der Waals surface area (Å²) < 4.78 is 10.8. The summed E-state index contributed by atoms with van der Waals surface area (Å²) in [4.78, 5) is 12.3. The van der Waals surface area contributed by atoms with Crippen molar-refractivity contribution >= 4 is 5.78 Å². The zero-order valence-electron chi connectivity index (χ0n) is 11.6. The number of ether oxygens (including phenoxy) is 2. The summed E-state index contributed by atoms with van der Waals surface area (Å²) >= 11 is 0. The van der Waals surface area contributed by atoms with Gasteiger partial charge in [0.25, 0.3) is 0 Å². The van der Waals surface area contributed by atoms with Crippen molar-refractivity contribution in [2.45, 2.75) is 53.2 Å². The lowest BCUT2D eigenvalue weighted by molar-refractivity contribution is -0.173. The molecule has 0 saturated heterocycles. The van der Waals surface area contributed by atoms with Gasteiger partial charge in [0, 0.05) is 19.1 Å². The molecule has 0 heterocycles. The molecule has 0 aliphatic heterocycles. The Labute approximate surface area is 105 Å². The summed E-state index contributed by atoms with van der Waals surface area (Å²) in [5, 5.41) is 0. The molecular formula is C14H26O3. The molecule has 17 heavy (non-hydrogen) atoms. The predicted octanol–water partition coefficient (Wildman–Crippen LogP) is 3.03. The molecule has 3 heteroatoms. The number of carbonyl (C=O) groups excluding carboxylic acids is 1. The Hall–Kier alpha value is -0.410. The first-order valence-corrected chi connectivity index (χ1v) is 6.85. The Balaban J connectivity index is 2.59. The predicted molar refractivity (Wildman–Crippen MR) is 67.7 cm³/mol. The second-order valence-electron chi connectivity index (χ2n) is 5.26. The third-order valence-electron chi connectivity index (χ3n) is 3.45. The normalized spacial score (nSPS) is 29.6. The molecule has 0 spiro atoms. The van der Waals surface area contributed by atoms with Gasteiger partial charge in [0.1, 0.15) is 0 Å². The fourth-order valence-electron chi connectivity index (χ4n) is 2.89. The van der Waals surface area contributed by atoms with Crippen molar-refractivity contribution in [3.05, 3.63) is 0 Å². The van der Waals surface area contributed by atoms with Crippen molar-refractivity contribution in [3.63, 3.8) is 0 Å². The molecule has 0 aromatic rings. The van der Waals surface area contributed by atoms with E-state index in [1.807, 2.05) is 13.8 Å². The summed E-state index contributed by atoms with van der Waals surface area (Å²) in [6.07, 6.45) is 2.56. The fraction of sp³-hybridized carbons (Fsp3) is 0.929. The third kappa shape index (κ3) is 4.40. The Morgan fingerprint density at radius 1 is 1.06 bits per heavy atom. The van der Waals surface area contributed by atoms with E-state index in [0.29, 0.717) is 25.0 Å². The number of carbonyl (C=O) groups is 1. The lowest BCUT2D eigenvalue weighted by Crippen LogP contribution is -2.36. The van der Waals surface area contributed by atoms with E-state index >= 15 is 0 Å². The highest BCUT2D eigenvalue weighted by atomic mass is 16.7. The minimum Gasteiger partial charge on any atom is -0.346 e. The first-order chi connectivity index (χ1) is 8.08. The number of ketones is 1. The van der Waals surface area contributed by atoms with Crippen molar-refractivity contribution in [1.82, 2.24) is 0 Å². The van der Waals surface area contributed by atoms with E-state index in [1.165, 1.54) is 6.42 Å². The Kier molecular flexibility index (Phi) is 6.14. The van der Waals surface area contributed by atoms with Crippen LogP contribution in [0.4, 0.5) is 0 Å². The van der Waals surface area contributed by atoms with Crippen LogP contribution in [0.3, 0.4) is 0 Å². The van der Waals surface area contributed by atoms with Crippen LogP contribution in [0.5, 0.6) is 0 Å². The quantitative estimate of drug-likeness (QED) is 0.672. The molecule has 0 aromatic carbocycles. The molecule has 0 N–H and O–H groups in total. The lowest BCUT2D eigenvalue weighted by atomic mass is 9.75. The molecule has 0 bridgehead atoms. The van der Waals surface area contributed by atoms with E-state index in [9.17, 15) is 4.79 Å². The van der Waals surface area contributed by atoms with E-state index in [1.54, 1.807) is 0 Å². The molecule has 1 rings (SSSR count). The number of hydrogen-bond donors (Lipinski definition) is 0. The van der Waals surface area contributed by atoms with Gasteiger partial charge in [0.05, 0.1) is 0 Å². The lowest BCUT2D eigenvalue weighted by Gasteiger charge is -2.32. The summed E-state index contributed by atoms with van der Waals surface area (Å²) in [7, 11) is 0. The van der Waals surface area contributed by atoms with E-state index in [4.69, 9.17) is 9.47 Å². The average molecular weight is 242 g/mol. The molecule has 0 radical (unpaired) electrons. The van der Waals surface area contributed by atoms with Gasteiger partial charge in [-0.3, -0.25) is 4.79 Å². The molecule has 1 fully saturated rings. The van der Waals surface area contributed by atoms with E-state index < -0.39 is 6.29 Å². The standard InChI is InChI=1S/C14H26O3/c1-5-16-14(17-6-2)13(15)12-8-10(3)7-11(4)9-12/h10-12,14H,5-9H2,1-4H3. The van der Waals surface area contributed by atoms with Crippen molar-refractivity contribution in [3.8, 4) is 0 Å². The van der Waals surface area contributed by atoms with Gasteiger partial charge in [-0.25, -0.2) is 0 Å². The molecule has 2 atom stereocenters. The Morgan fingerprint density at radius 3 is 1.94 bits per heavy atom. The minimum atomic E-state index is -0.646. The average Bonchev–Trinajstić information content (AvgIpc) is 2.26. The first kappa shape index (κ1) is 14.7. The van der Waals surface area contributed by atoms with Crippen LogP contribution >= 0.6 is 0 Å². The molecule has 0 aromatic heterocycles. The highest BCUT2D eigenvalue weighted by molar-refractivity contribution is 5.84. The molecule has 1 aliphatic rings. The zero-order valence-corrected chi connectivity index (χ0v) is 11.6. The van der Waals surface area contributed by atoms with E-state index in [0.717, 1.165) is 12.8 Å². The highest BCUT2D eigenvalue weighted by Crippen LogP contribution is 2.34. The molecule has 3 nitrogen and oxygen atoms in total. The molecule has 0 amide bonds. The number of Topliss-reactive ketones (excluding diaryl/α,β-unsaturated/α-hetero) is 1. The van der Waals surface area contributed by atoms with Gasteiger partial charge < -0.3 is 9.47 Å². The van der Waals surface area contributed by atoms with Crippen LogP contribution in [-0.2, 0) is 14.3 Å². The fourth-order valence-corrected chi connectivity index (χ4v) is 2.89. The maximum absolute atomic E-state index is 12.3. The smallest absolute Gasteiger partial charge is 0.218 e. The minimum absolute atomic E-state index is 0.122. The molecule has 100 valence electrons. The SMILES string of the molecule is CCOC(OCC)C(=O)C1CC(C)CC(C)C1.